The van der Waals surface area contributed by atoms with Gasteiger partial charge in [0, 0.05) is 6.42 Å². The van der Waals surface area contributed by atoms with Crippen molar-refractivity contribution in [3.8, 4) is 0 Å². The minimum atomic E-state index is -2.57. The summed E-state index contributed by atoms with van der Waals surface area (Å²) < 4.78 is 24.8. The van der Waals surface area contributed by atoms with Crippen LogP contribution in [0.1, 0.15) is 26.2 Å². The topological polar surface area (TPSA) is 56.7 Å². The number of unbranched alkanes of at least 4 members (excludes halogenated alkanes) is 1. The molecular weight excluding hydrogens is 190 g/mol. The van der Waals surface area contributed by atoms with Gasteiger partial charge in [-0.25, -0.2) is 8.78 Å². The predicted molar refractivity (Wildman–Crippen MR) is 48.9 cm³/mol. The van der Waals surface area contributed by atoms with Gasteiger partial charge in [0.25, 0.3) is 0 Å². The molecule has 0 amide bonds. The summed E-state index contributed by atoms with van der Waals surface area (Å²) in [4.78, 5) is 1.42. The molecule has 2 N–H and O–H groups in total. The Kier molecular flexibility index (Phi) is 3.38. The van der Waals surface area contributed by atoms with E-state index >= 15 is 0 Å². The van der Waals surface area contributed by atoms with Crippen LogP contribution >= 0.6 is 0 Å². The molecule has 1 aromatic rings. The van der Waals surface area contributed by atoms with Crippen molar-refractivity contribution in [2.45, 2.75) is 38.7 Å². The molecule has 0 aliphatic carbocycles. The molecule has 0 fully saturated rings. The lowest BCUT2D eigenvalue weighted by Crippen LogP contribution is -2.10. The number of anilines is 1. The molecule has 1 rings (SSSR count). The summed E-state index contributed by atoms with van der Waals surface area (Å²) in [5.74, 6) is -2.22. The van der Waals surface area contributed by atoms with Gasteiger partial charge in [-0.2, -0.15) is 9.90 Å². The third-order valence-corrected chi connectivity index (χ3v) is 1.78. The lowest BCUT2D eigenvalue weighted by atomic mass is 10.1. The first-order chi connectivity index (χ1) is 6.47. The van der Waals surface area contributed by atoms with Crippen molar-refractivity contribution < 1.29 is 8.78 Å². The second-order valence-electron chi connectivity index (χ2n) is 3.39. The van der Waals surface area contributed by atoms with Crippen molar-refractivity contribution in [2.75, 3.05) is 5.73 Å². The Morgan fingerprint density at radius 3 is 2.71 bits per heavy atom. The van der Waals surface area contributed by atoms with Gasteiger partial charge in [0.2, 0.25) is 5.92 Å². The van der Waals surface area contributed by atoms with Crippen LogP contribution in [0.15, 0.2) is 6.20 Å². The molecule has 0 unspecified atom stereocenters. The van der Waals surface area contributed by atoms with Crippen LogP contribution in [0, 0.1) is 0 Å². The van der Waals surface area contributed by atoms with Gasteiger partial charge in [-0.1, -0.05) is 0 Å². The molecule has 80 valence electrons. The molecule has 0 aromatic carbocycles. The van der Waals surface area contributed by atoms with E-state index in [-0.39, 0.29) is 6.42 Å². The van der Waals surface area contributed by atoms with Crippen molar-refractivity contribution in [1.82, 2.24) is 15.0 Å². The maximum atomic E-state index is 12.4. The van der Waals surface area contributed by atoms with Crippen LogP contribution < -0.4 is 5.73 Å². The molecule has 0 aliphatic rings. The van der Waals surface area contributed by atoms with Gasteiger partial charge >= 0.3 is 0 Å². The standard InChI is InChI=1S/C8H14F2N4/c1-8(9,10)4-2-3-5-14-12-6-7(11)13-14/h6H,2-5H2,1H3,(H2,11,13). The summed E-state index contributed by atoms with van der Waals surface area (Å²) in [6, 6.07) is 0. The van der Waals surface area contributed by atoms with Crippen LogP contribution in [0.5, 0.6) is 0 Å². The molecule has 0 saturated carbocycles. The molecule has 6 heteroatoms. The SMILES string of the molecule is CC(F)(F)CCCCn1ncc(N)n1. The molecule has 0 bridgehead atoms. The van der Waals surface area contributed by atoms with Gasteiger partial charge < -0.3 is 5.73 Å². The van der Waals surface area contributed by atoms with Crippen molar-refractivity contribution >= 4 is 5.82 Å². The van der Waals surface area contributed by atoms with Crippen LogP contribution in [-0.2, 0) is 6.54 Å². The number of hydrogen-bond acceptors (Lipinski definition) is 3. The van der Waals surface area contributed by atoms with Crippen molar-refractivity contribution in [2.24, 2.45) is 0 Å². The number of nitrogens with zero attached hydrogens (tertiary/aromatic N) is 3. The van der Waals surface area contributed by atoms with E-state index in [0.29, 0.717) is 25.2 Å². The number of aromatic nitrogens is 3. The van der Waals surface area contributed by atoms with Gasteiger partial charge in [-0.05, 0) is 19.8 Å². The van der Waals surface area contributed by atoms with Crippen LogP contribution in [-0.4, -0.2) is 20.9 Å². The summed E-state index contributed by atoms with van der Waals surface area (Å²) in [6.07, 6.45) is 2.45. The highest BCUT2D eigenvalue weighted by atomic mass is 19.3. The molecular formula is C8H14F2N4. The summed E-state index contributed by atoms with van der Waals surface area (Å²) in [5, 5.41) is 7.68. The molecule has 0 atom stereocenters. The van der Waals surface area contributed by atoms with E-state index in [4.69, 9.17) is 5.73 Å². The number of nitrogens with two attached hydrogens (primary N) is 1. The van der Waals surface area contributed by atoms with Crippen LogP contribution in [0.3, 0.4) is 0 Å². The van der Waals surface area contributed by atoms with E-state index in [1.165, 1.54) is 11.0 Å². The Labute approximate surface area is 81.1 Å². The summed E-state index contributed by atoms with van der Waals surface area (Å²) >= 11 is 0. The maximum absolute atomic E-state index is 12.4. The number of alkyl halides is 2. The number of hydrogen-bond donors (Lipinski definition) is 1. The van der Waals surface area contributed by atoms with E-state index in [1.807, 2.05) is 0 Å². The molecule has 1 aromatic heterocycles. The smallest absolute Gasteiger partial charge is 0.245 e. The fourth-order valence-corrected chi connectivity index (χ4v) is 1.11. The molecule has 14 heavy (non-hydrogen) atoms. The Morgan fingerprint density at radius 1 is 1.50 bits per heavy atom. The van der Waals surface area contributed by atoms with Crippen LogP contribution in [0.2, 0.25) is 0 Å². The highest BCUT2D eigenvalue weighted by Crippen LogP contribution is 2.19. The highest BCUT2D eigenvalue weighted by molar-refractivity contribution is 5.19. The summed E-state index contributed by atoms with van der Waals surface area (Å²) in [5.41, 5.74) is 5.34. The molecule has 4 nitrogen and oxygen atoms in total. The van der Waals surface area contributed by atoms with E-state index in [1.54, 1.807) is 0 Å². The summed E-state index contributed by atoms with van der Waals surface area (Å²) in [6.45, 7) is 1.46. The van der Waals surface area contributed by atoms with Crippen LogP contribution in [0.25, 0.3) is 0 Å². The van der Waals surface area contributed by atoms with Crippen molar-refractivity contribution in [3.63, 3.8) is 0 Å². The van der Waals surface area contributed by atoms with E-state index in [9.17, 15) is 8.78 Å². The Bertz CT molecular complexity index is 279. The molecule has 0 spiro atoms. The molecule has 0 saturated heterocycles. The molecule has 0 aliphatic heterocycles. The number of halogens is 2. The minimum Gasteiger partial charge on any atom is -0.381 e. The third kappa shape index (κ3) is 4.15. The van der Waals surface area contributed by atoms with Gasteiger partial charge in [-0.15, -0.1) is 5.10 Å². The zero-order valence-electron chi connectivity index (χ0n) is 8.08. The summed E-state index contributed by atoms with van der Waals surface area (Å²) in [7, 11) is 0. The molecule has 1 heterocycles. The van der Waals surface area contributed by atoms with Crippen LogP contribution in [0.4, 0.5) is 14.6 Å². The Hall–Kier alpha value is -1.20. The average molecular weight is 204 g/mol. The lowest BCUT2D eigenvalue weighted by Gasteiger charge is -2.08. The number of nitrogen functional groups attached to an aromatic ring is 1. The van der Waals surface area contributed by atoms with Gasteiger partial charge in [-0.3, -0.25) is 0 Å². The number of rotatable bonds is 5. The van der Waals surface area contributed by atoms with Gasteiger partial charge in [0.1, 0.15) is 0 Å². The zero-order valence-corrected chi connectivity index (χ0v) is 8.08. The quantitative estimate of drug-likeness (QED) is 0.742. The van der Waals surface area contributed by atoms with E-state index in [0.717, 1.165) is 6.92 Å². The van der Waals surface area contributed by atoms with Gasteiger partial charge in [0.05, 0.1) is 12.7 Å². The average Bonchev–Trinajstić information content (AvgIpc) is 2.44. The van der Waals surface area contributed by atoms with Crippen molar-refractivity contribution in [3.05, 3.63) is 6.20 Å². The zero-order chi connectivity index (χ0) is 10.6. The normalized spacial score (nSPS) is 11.9. The Morgan fingerprint density at radius 2 is 2.21 bits per heavy atom. The first-order valence-electron chi connectivity index (χ1n) is 4.51. The first kappa shape index (κ1) is 10.9. The van der Waals surface area contributed by atoms with E-state index < -0.39 is 5.92 Å². The fourth-order valence-electron chi connectivity index (χ4n) is 1.11. The van der Waals surface area contributed by atoms with Crippen molar-refractivity contribution in [1.29, 1.82) is 0 Å². The minimum absolute atomic E-state index is 0.0935. The maximum Gasteiger partial charge on any atom is 0.245 e. The second-order valence-corrected chi connectivity index (χ2v) is 3.39. The Balaban J connectivity index is 2.16. The second kappa shape index (κ2) is 4.34. The highest BCUT2D eigenvalue weighted by Gasteiger charge is 2.19. The number of aryl methyl sites for hydroxylation is 1. The lowest BCUT2D eigenvalue weighted by molar-refractivity contribution is 0.0101. The first-order valence-corrected chi connectivity index (χ1v) is 4.51. The predicted octanol–water partition coefficient (Wildman–Crippen LogP) is 1.69. The third-order valence-electron chi connectivity index (χ3n) is 1.78. The van der Waals surface area contributed by atoms with E-state index in [2.05, 4.69) is 10.2 Å². The largest absolute Gasteiger partial charge is 0.381 e. The fraction of sp³-hybridized carbons (Fsp3) is 0.750. The monoisotopic (exact) mass is 204 g/mol. The van der Waals surface area contributed by atoms with Gasteiger partial charge in [0.15, 0.2) is 5.82 Å². The molecule has 0 radical (unpaired) electrons.